The first-order valence-electron chi connectivity index (χ1n) is 12.9. The minimum atomic E-state index is 0.651. The Hall–Kier alpha value is -3.26. The maximum atomic E-state index is 6.24. The molecule has 0 amide bonds. The van der Waals surface area contributed by atoms with Crippen LogP contribution in [-0.4, -0.2) is 13.7 Å². The molecule has 0 aromatic heterocycles. The average molecular weight is 472 g/mol. The third-order valence-corrected chi connectivity index (χ3v) is 5.64. The molecule has 0 radical (unpaired) electrons. The van der Waals surface area contributed by atoms with Crippen LogP contribution in [-0.2, 0) is 0 Å². The number of hydrogen-bond donors (Lipinski definition) is 1. The van der Waals surface area contributed by atoms with Crippen LogP contribution < -0.4 is 10.1 Å². The van der Waals surface area contributed by atoms with E-state index in [1.165, 1.54) is 46.3 Å². The SMILES string of the molecule is C=C.CC.CCCC.CNc1cccc(/C=C2\C3=C(CC=C/C=C\C3)COc3cc(C)ccc32)c1. The van der Waals surface area contributed by atoms with Crippen LogP contribution in [0.3, 0.4) is 0 Å². The second-order valence-corrected chi connectivity index (χ2v) is 8.07. The van der Waals surface area contributed by atoms with Crippen molar-refractivity contribution >= 4 is 17.3 Å². The third kappa shape index (κ3) is 9.13. The number of rotatable bonds is 3. The maximum absolute atomic E-state index is 6.24. The predicted octanol–water partition coefficient (Wildman–Crippen LogP) is 9.81. The standard InChI is InChI=1S/C25H25NO.C4H10.C2H6.C2H4/c1-18-12-13-23-24(16-19-8-7-10-21(15-19)26-2)22-11-6-4-3-5-9-20(22)17-27-25(23)14-18;1-3-4-2;2*1-2/h3-8,10,12-16,26H,9,11,17H2,1-2H3;3-4H2,1-2H3;1-2H3;1-2H2/b5-3?,6-4-,24-16+;;;. The van der Waals surface area contributed by atoms with Crippen LogP contribution in [0.25, 0.3) is 11.6 Å². The van der Waals surface area contributed by atoms with E-state index in [0.29, 0.717) is 6.61 Å². The summed E-state index contributed by atoms with van der Waals surface area (Å²) in [5.74, 6) is 0.978. The summed E-state index contributed by atoms with van der Waals surface area (Å²) < 4.78 is 6.24. The Kier molecular flexibility index (Phi) is 14.6. The molecule has 0 bridgehead atoms. The lowest BCUT2D eigenvalue weighted by atomic mass is 9.88. The zero-order valence-corrected chi connectivity index (χ0v) is 22.8. The molecule has 2 nitrogen and oxygen atoms in total. The van der Waals surface area contributed by atoms with E-state index in [1.54, 1.807) is 0 Å². The molecular formula is C33H45NO. The van der Waals surface area contributed by atoms with Crippen molar-refractivity contribution in [3.63, 3.8) is 0 Å². The van der Waals surface area contributed by atoms with Crippen molar-refractivity contribution in [3.8, 4) is 5.75 Å². The zero-order valence-electron chi connectivity index (χ0n) is 22.8. The van der Waals surface area contributed by atoms with E-state index in [0.717, 1.165) is 24.3 Å². The van der Waals surface area contributed by atoms with Gasteiger partial charge in [0.25, 0.3) is 0 Å². The number of unbranched alkanes of at least 4 members (excludes halogenated alkanes) is 1. The van der Waals surface area contributed by atoms with E-state index in [4.69, 9.17) is 4.74 Å². The number of ether oxygens (including phenoxy) is 1. The molecule has 2 aromatic carbocycles. The zero-order chi connectivity index (χ0) is 26.1. The highest BCUT2D eigenvalue weighted by atomic mass is 16.5. The van der Waals surface area contributed by atoms with Crippen LogP contribution in [0.5, 0.6) is 5.75 Å². The van der Waals surface area contributed by atoms with Crippen LogP contribution in [0, 0.1) is 6.92 Å². The number of hydrogen-bond acceptors (Lipinski definition) is 2. The van der Waals surface area contributed by atoms with Gasteiger partial charge in [-0.05, 0) is 71.9 Å². The highest BCUT2D eigenvalue weighted by Crippen LogP contribution is 2.40. The Balaban J connectivity index is 0.000000684. The fourth-order valence-electron chi connectivity index (χ4n) is 3.68. The Morgan fingerprint density at radius 1 is 0.943 bits per heavy atom. The number of benzene rings is 2. The van der Waals surface area contributed by atoms with Gasteiger partial charge in [-0.1, -0.05) is 89.1 Å². The molecule has 2 aliphatic rings. The van der Waals surface area contributed by atoms with Crippen LogP contribution >= 0.6 is 0 Å². The van der Waals surface area contributed by atoms with Gasteiger partial charge in [0.2, 0.25) is 0 Å². The molecule has 0 spiro atoms. The van der Waals surface area contributed by atoms with E-state index < -0.39 is 0 Å². The minimum absolute atomic E-state index is 0.651. The summed E-state index contributed by atoms with van der Waals surface area (Å²) in [6.45, 7) is 17.1. The van der Waals surface area contributed by atoms with Crippen LogP contribution in [0.4, 0.5) is 5.69 Å². The van der Waals surface area contributed by atoms with Crippen molar-refractivity contribution in [2.75, 3.05) is 19.0 Å². The van der Waals surface area contributed by atoms with Crippen molar-refractivity contribution in [1.82, 2.24) is 0 Å². The van der Waals surface area contributed by atoms with Gasteiger partial charge in [-0.15, -0.1) is 13.2 Å². The van der Waals surface area contributed by atoms with E-state index in [2.05, 4.69) is 112 Å². The summed E-state index contributed by atoms with van der Waals surface area (Å²) >= 11 is 0. The topological polar surface area (TPSA) is 21.3 Å². The maximum Gasteiger partial charge on any atom is 0.127 e. The predicted molar refractivity (Wildman–Crippen MR) is 158 cm³/mol. The molecule has 4 rings (SSSR count). The van der Waals surface area contributed by atoms with E-state index in [1.807, 2.05) is 20.9 Å². The molecule has 1 aliphatic carbocycles. The molecule has 1 aliphatic heterocycles. The lowest BCUT2D eigenvalue weighted by Crippen LogP contribution is -2.02. The van der Waals surface area contributed by atoms with Gasteiger partial charge in [0.1, 0.15) is 12.4 Å². The number of anilines is 1. The molecule has 188 valence electrons. The van der Waals surface area contributed by atoms with E-state index in [-0.39, 0.29) is 0 Å². The van der Waals surface area contributed by atoms with Gasteiger partial charge in [0, 0.05) is 18.3 Å². The summed E-state index contributed by atoms with van der Waals surface area (Å²) in [5, 5.41) is 3.23. The molecular weight excluding hydrogens is 426 g/mol. The lowest BCUT2D eigenvalue weighted by Gasteiger charge is -2.15. The van der Waals surface area contributed by atoms with Gasteiger partial charge in [0.05, 0.1) is 0 Å². The fourth-order valence-corrected chi connectivity index (χ4v) is 3.68. The second-order valence-electron chi connectivity index (χ2n) is 8.07. The molecule has 0 atom stereocenters. The largest absolute Gasteiger partial charge is 0.489 e. The van der Waals surface area contributed by atoms with Gasteiger partial charge < -0.3 is 10.1 Å². The Morgan fingerprint density at radius 3 is 2.29 bits per heavy atom. The molecule has 0 saturated carbocycles. The van der Waals surface area contributed by atoms with Crippen LogP contribution in [0.1, 0.15) is 70.1 Å². The van der Waals surface area contributed by atoms with Crippen molar-refractivity contribution < 1.29 is 4.74 Å². The summed E-state index contributed by atoms with van der Waals surface area (Å²) in [5.41, 5.74) is 8.73. The summed E-state index contributed by atoms with van der Waals surface area (Å²) in [6, 6.07) is 15.1. The monoisotopic (exact) mass is 471 g/mol. The average Bonchev–Trinajstić information content (AvgIpc) is 3.02. The van der Waals surface area contributed by atoms with Gasteiger partial charge in [-0.3, -0.25) is 0 Å². The molecule has 2 aromatic rings. The van der Waals surface area contributed by atoms with Gasteiger partial charge in [0.15, 0.2) is 0 Å². The van der Waals surface area contributed by atoms with Crippen LogP contribution in [0.2, 0.25) is 0 Å². The van der Waals surface area contributed by atoms with Crippen LogP contribution in [0.15, 0.2) is 91.1 Å². The number of aryl methyl sites for hydroxylation is 1. The first-order chi connectivity index (χ1) is 17.2. The first kappa shape index (κ1) is 29.8. The van der Waals surface area contributed by atoms with Crippen molar-refractivity contribution in [2.24, 2.45) is 0 Å². The Morgan fingerprint density at radius 2 is 1.63 bits per heavy atom. The molecule has 1 heterocycles. The van der Waals surface area contributed by atoms with Crippen molar-refractivity contribution in [2.45, 2.75) is 60.3 Å². The molecule has 1 N–H and O–H groups in total. The fraction of sp³-hybridized carbons (Fsp3) is 0.333. The van der Waals surface area contributed by atoms with Crippen molar-refractivity contribution in [1.29, 1.82) is 0 Å². The minimum Gasteiger partial charge on any atom is -0.489 e. The first-order valence-corrected chi connectivity index (χ1v) is 12.9. The summed E-state index contributed by atoms with van der Waals surface area (Å²) in [7, 11) is 1.95. The smallest absolute Gasteiger partial charge is 0.127 e. The Labute approximate surface area is 214 Å². The quantitative estimate of drug-likeness (QED) is 0.450. The lowest BCUT2D eigenvalue weighted by molar-refractivity contribution is 0.350. The van der Waals surface area contributed by atoms with Gasteiger partial charge in [-0.25, -0.2) is 0 Å². The highest BCUT2D eigenvalue weighted by molar-refractivity contribution is 5.94. The normalized spacial score (nSPS) is 15.5. The molecule has 2 heteroatoms. The number of allylic oxidation sites excluding steroid dienone is 6. The summed E-state index contributed by atoms with van der Waals surface area (Å²) in [4.78, 5) is 0. The molecule has 0 fully saturated rings. The molecule has 0 unspecified atom stereocenters. The van der Waals surface area contributed by atoms with Gasteiger partial charge in [-0.2, -0.15) is 0 Å². The highest BCUT2D eigenvalue weighted by Gasteiger charge is 2.21. The third-order valence-electron chi connectivity index (χ3n) is 5.64. The molecule has 35 heavy (non-hydrogen) atoms. The molecule has 0 saturated heterocycles. The number of nitrogens with one attached hydrogen (secondary N) is 1. The summed E-state index contributed by atoms with van der Waals surface area (Å²) in [6.07, 6.45) is 15.5. The second kappa shape index (κ2) is 17.2. The van der Waals surface area contributed by atoms with Gasteiger partial charge >= 0.3 is 0 Å². The Bertz CT molecular complexity index is 1020. The van der Waals surface area contributed by atoms with Crippen molar-refractivity contribution in [3.05, 3.63) is 108 Å². The number of fused-ring (bicyclic) bond motifs is 1. The van der Waals surface area contributed by atoms with E-state index >= 15 is 0 Å². The van der Waals surface area contributed by atoms with E-state index in [9.17, 15) is 0 Å².